The Hall–Kier alpha value is -6.00. The van der Waals surface area contributed by atoms with Crippen LogP contribution in [-0.2, 0) is 27.1 Å². The second-order valence-electron chi connectivity index (χ2n) is 27.2. The van der Waals surface area contributed by atoms with E-state index >= 15 is 0 Å². The van der Waals surface area contributed by atoms with Crippen molar-refractivity contribution in [3.63, 3.8) is 0 Å². The average Bonchev–Trinajstić information content (AvgIpc) is 3.28. The number of anilines is 9. The molecule has 370 valence electrons. The van der Waals surface area contributed by atoms with Gasteiger partial charge < -0.3 is 14.7 Å². The minimum atomic E-state index is -0.0835. The van der Waals surface area contributed by atoms with Crippen molar-refractivity contribution in [3.05, 3.63) is 176 Å². The summed E-state index contributed by atoms with van der Waals surface area (Å²) in [4.78, 5) is 7.91. The molecule has 0 amide bonds. The Balaban J connectivity index is 1.40. The highest BCUT2D eigenvalue weighted by molar-refractivity contribution is 7.00. The van der Waals surface area contributed by atoms with Gasteiger partial charge in [0.1, 0.15) is 0 Å². The van der Waals surface area contributed by atoms with Gasteiger partial charge in [0.25, 0.3) is 6.71 Å². The molecule has 1 atom stereocenters. The van der Waals surface area contributed by atoms with Gasteiger partial charge in [-0.1, -0.05) is 159 Å². The van der Waals surface area contributed by atoms with E-state index in [0.717, 1.165) is 5.69 Å². The summed E-state index contributed by atoms with van der Waals surface area (Å²) in [6.45, 7) is 46.8. The van der Waals surface area contributed by atoms with Crippen LogP contribution in [0, 0.1) is 27.7 Å². The van der Waals surface area contributed by atoms with Crippen molar-refractivity contribution in [1.29, 1.82) is 0 Å². The molecule has 11 rings (SSSR count). The molecule has 3 nitrogen and oxygen atoms in total. The Morgan fingerprint density at radius 2 is 0.764 bits per heavy atom. The van der Waals surface area contributed by atoms with Crippen LogP contribution in [0.1, 0.15) is 178 Å². The summed E-state index contributed by atoms with van der Waals surface area (Å²) in [7, 11) is 0. The van der Waals surface area contributed by atoms with Gasteiger partial charge in [-0.2, -0.15) is 0 Å². The van der Waals surface area contributed by atoms with Gasteiger partial charge in [-0.3, -0.25) is 0 Å². The fourth-order valence-electron chi connectivity index (χ4n) is 11.4. The van der Waals surface area contributed by atoms with Crippen molar-refractivity contribution in [2.75, 3.05) is 14.7 Å². The third kappa shape index (κ3) is 8.30. The zero-order chi connectivity index (χ0) is 52.1. The van der Waals surface area contributed by atoms with Gasteiger partial charge in [-0.05, 0) is 199 Å². The van der Waals surface area contributed by atoms with E-state index in [9.17, 15) is 0 Å². The summed E-state index contributed by atoms with van der Waals surface area (Å²) in [6, 6.07) is 46.7. The molecular weight excluding hydrogens is 870 g/mol. The first-order valence-corrected chi connectivity index (χ1v) is 26.8. The van der Waals surface area contributed by atoms with Crippen LogP contribution in [0.5, 0.6) is 0 Å². The molecule has 0 N–H and O–H groups in total. The Morgan fingerprint density at radius 1 is 0.375 bits per heavy atom. The molecule has 2 aliphatic heterocycles. The molecule has 2 bridgehead atoms. The van der Waals surface area contributed by atoms with E-state index in [4.69, 9.17) is 0 Å². The zero-order valence-corrected chi connectivity index (χ0v) is 47.5. The molecule has 4 heteroatoms. The molecule has 0 radical (unpaired) electrons. The van der Waals surface area contributed by atoms with Crippen LogP contribution in [0.2, 0.25) is 0 Å². The van der Waals surface area contributed by atoms with Crippen LogP contribution < -0.4 is 31.1 Å². The molecule has 0 saturated heterocycles. The van der Waals surface area contributed by atoms with E-state index in [1.165, 1.54) is 123 Å². The van der Waals surface area contributed by atoms with Crippen molar-refractivity contribution in [1.82, 2.24) is 0 Å². The lowest BCUT2D eigenvalue weighted by atomic mass is 9.33. The molecule has 2 aliphatic carbocycles. The topological polar surface area (TPSA) is 9.72 Å². The molecule has 7 aromatic rings. The number of hydrogen-bond acceptors (Lipinski definition) is 3. The van der Waals surface area contributed by atoms with Gasteiger partial charge in [0.05, 0.1) is 5.69 Å². The zero-order valence-electron chi connectivity index (χ0n) is 47.5. The van der Waals surface area contributed by atoms with Gasteiger partial charge in [-0.15, -0.1) is 0 Å². The maximum atomic E-state index is 2.67. The Labute approximate surface area is 434 Å². The predicted molar refractivity (Wildman–Crippen MR) is 315 cm³/mol. The van der Waals surface area contributed by atoms with Gasteiger partial charge in [-0.25, -0.2) is 0 Å². The average molecular weight is 950 g/mol. The summed E-state index contributed by atoms with van der Waals surface area (Å²) in [5.74, 6) is 0.379. The Morgan fingerprint density at radius 3 is 1.17 bits per heavy atom. The summed E-state index contributed by atoms with van der Waals surface area (Å²) in [6.07, 6.45) is 0. The van der Waals surface area contributed by atoms with Gasteiger partial charge in [0.15, 0.2) is 0 Å². The number of hydrogen-bond donors (Lipinski definition) is 0. The largest absolute Gasteiger partial charge is 0.311 e. The molecule has 0 saturated carbocycles. The van der Waals surface area contributed by atoms with Crippen LogP contribution in [-0.4, -0.2) is 6.71 Å². The lowest BCUT2D eigenvalue weighted by Crippen LogP contribution is -2.61. The fourth-order valence-corrected chi connectivity index (χ4v) is 11.4. The first-order valence-electron chi connectivity index (χ1n) is 26.8. The van der Waals surface area contributed by atoms with Crippen LogP contribution in [0.3, 0.4) is 0 Å². The van der Waals surface area contributed by atoms with E-state index in [-0.39, 0.29) is 33.8 Å². The predicted octanol–water partition coefficient (Wildman–Crippen LogP) is 17.4. The van der Waals surface area contributed by atoms with E-state index in [2.05, 4.69) is 268 Å². The Bertz CT molecular complexity index is 3190. The van der Waals surface area contributed by atoms with E-state index in [1.807, 2.05) is 0 Å². The van der Waals surface area contributed by atoms with Crippen LogP contribution in [0.4, 0.5) is 51.2 Å². The summed E-state index contributed by atoms with van der Waals surface area (Å²) >= 11 is 0. The maximum Gasteiger partial charge on any atom is 0.252 e. The number of benzene rings is 7. The van der Waals surface area contributed by atoms with E-state index in [0.29, 0.717) is 5.92 Å². The molecular formula is C68H80BN3. The molecule has 0 fully saturated rings. The molecule has 1 unspecified atom stereocenters. The molecule has 0 aromatic heterocycles. The lowest BCUT2D eigenvalue weighted by Gasteiger charge is -2.46. The monoisotopic (exact) mass is 950 g/mol. The minimum Gasteiger partial charge on any atom is -0.311 e. The normalized spacial score (nSPS) is 15.3. The van der Waals surface area contributed by atoms with Gasteiger partial charge >= 0.3 is 0 Å². The van der Waals surface area contributed by atoms with Crippen LogP contribution in [0.25, 0.3) is 0 Å². The SMILES string of the molecule is Cc1cc2c(cc1C)N(c1ccc(C(C)(C)C)cc1)c1cc(N(c3cc(C(C)(C)C)cc(C(C)(C)C)c3)c3cc(C(C)(C)C)cc(C(C)(C)C)c3)cc3c1B2c1cc(C)c(C)cc1N3c1ccc2cc1C2C. The molecule has 72 heavy (non-hydrogen) atoms. The quantitative estimate of drug-likeness (QED) is 0.159. The smallest absolute Gasteiger partial charge is 0.252 e. The van der Waals surface area contributed by atoms with E-state index < -0.39 is 0 Å². The number of rotatable bonds is 5. The van der Waals surface area contributed by atoms with Crippen LogP contribution >= 0.6 is 0 Å². The van der Waals surface area contributed by atoms with Crippen molar-refractivity contribution >= 4 is 74.3 Å². The molecule has 7 aromatic carbocycles. The summed E-state index contributed by atoms with van der Waals surface area (Å²) < 4.78 is 0. The van der Waals surface area contributed by atoms with Crippen molar-refractivity contribution in [2.24, 2.45) is 0 Å². The standard InChI is InChI=1S/C68H80BN3/c1-40-27-56-59(29-42(40)3)71(51-24-22-46(23-25-51)64(6,7)8)61-38-54(39-62-63(61)69(56)57-28-41(2)43(4)30-60(57)72(62)58-26-21-45-31-55(58)44(45)5)70(52-34-47(65(9,10)11)32-48(35-52)66(12,13)14)53-36-49(67(15,16)17)33-50(37-53)68(18,19)20/h21-39,44H,1-20H3. The van der Waals surface area contributed by atoms with E-state index in [1.54, 1.807) is 0 Å². The second kappa shape index (κ2) is 16.5. The highest BCUT2D eigenvalue weighted by atomic mass is 15.2. The summed E-state index contributed by atoms with van der Waals surface area (Å²) in [5, 5.41) is 0. The number of aryl methyl sites for hydroxylation is 4. The molecule has 4 aliphatic rings. The highest BCUT2D eigenvalue weighted by Gasteiger charge is 2.45. The van der Waals surface area contributed by atoms with Crippen molar-refractivity contribution < 1.29 is 0 Å². The molecule has 2 heterocycles. The number of nitrogens with zero attached hydrogens (tertiary/aromatic N) is 3. The maximum absolute atomic E-state index is 2.67. The minimum absolute atomic E-state index is 0.0129. The van der Waals surface area contributed by atoms with Crippen molar-refractivity contribution in [3.8, 4) is 0 Å². The van der Waals surface area contributed by atoms with Gasteiger partial charge in [0.2, 0.25) is 0 Å². The highest BCUT2D eigenvalue weighted by Crippen LogP contribution is 2.53. The van der Waals surface area contributed by atoms with Crippen LogP contribution in [0.15, 0.2) is 115 Å². The third-order valence-corrected chi connectivity index (χ3v) is 16.6. The Kier molecular flexibility index (Phi) is 11.4. The lowest BCUT2D eigenvalue weighted by molar-refractivity contribution is 0.568. The van der Waals surface area contributed by atoms with Crippen molar-refractivity contribution in [2.45, 2.75) is 171 Å². The summed E-state index contributed by atoms with van der Waals surface area (Å²) in [5.41, 5.74) is 29.4. The molecule has 0 spiro atoms. The third-order valence-electron chi connectivity index (χ3n) is 16.6. The fraction of sp³-hybridized carbons (Fsp3) is 0.382. The van der Waals surface area contributed by atoms with Gasteiger partial charge in [0, 0.05) is 51.4 Å². The second-order valence-corrected chi connectivity index (χ2v) is 27.2. The first kappa shape index (κ1) is 49.6. The first-order chi connectivity index (χ1) is 33.4. The number of fused-ring (bicyclic) bond motifs is 6.